The van der Waals surface area contributed by atoms with Crippen LogP contribution in [0.3, 0.4) is 0 Å². The summed E-state index contributed by atoms with van der Waals surface area (Å²) in [6.07, 6.45) is 6.78. The number of halogens is 1. The smallest absolute Gasteiger partial charge is 0.326 e. The quantitative estimate of drug-likeness (QED) is 0.607. The Balaban J connectivity index is 1.89. The molecule has 4 N–H and O–H groups in total. The summed E-state index contributed by atoms with van der Waals surface area (Å²) < 4.78 is 14.6. The third-order valence-electron chi connectivity index (χ3n) is 5.19. The van der Waals surface area contributed by atoms with Crippen LogP contribution in [0.25, 0.3) is 10.9 Å². The SMILES string of the molecule is CCC(NC(=O)c1c[nH]c2cc(NC3CCCCC3)c(F)cc2c1=O)C(=O)O. The Hall–Kier alpha value is -2.90. The maximum atomic E-state index is 14.6. The lowest BCUT2D eigenvalue weighted by molar-refractivity contribution is -0.139. The van der Waals surface area contributed by atoms with Gasteiger partial charge in [-0.25, -0.2) is 9.18 Å². The highest BCUT2D eigenvalue weighted by Crippen LogP contribution is 2.25. The Morgan fingerprint density at radius 2 is 2.00 bits per heavy atom. The fourth-order valence-corrected chi connectivity index (χ4v) is 3.56. The van der Waals surface area contributed by atoms with Crippen molar-refractivity contribution >= 4 is 28.5 Å². The Labute approximate surface area is 161 Å². The van der Waals surface area contributed by atoms with E-state index in [1.54, 1.807) is 6.92 Å². The minimum Gasteiger partial charge on any atom is -0.480 e. The molecule has 1 aliphatic carbocycles. The number of benzene rings is 1. The number of amides is 1. The second-order valence-corrected chi connectivity index (χ2v) is 7.16. The topological polar surface area (TPSA) is 111 Å². The van der Waals surface area contributed by atoms with E-state index in [4.69, 9.17) is 5.11 Å². The van der Waals surface area contributed by atoms with E-state index in [9.17, 15) is 18.8 Å². The largest absolute Gasteiger partial charge is 0.480 e. The Morgan fingerprint density at radius 3 is 2.64 bits per heavy atom. The van der Waals surface area contributed by atoms with Crippen LogP contribution in [0, 0.1) is 5.82 Å². The van der Waals surface area contributed by atoms with Crippen molar-refractivity contribution in [3.8, 4) is 0 Å². The molecule has 1 atom stereocenters. The van der Waals surface area contributed by atoms with Crippen molar-refractivity contribution in [2.75, 3.05) is 5.32 Å². The number of aromatic amines is 1. The number of hydrogen-bond donors (Lipinski definition) is 4. The average Bonchev–Trinajstić information content (AvgIpc) is 2.68. The van der Waals surface area contributed by atoms with Crippen LogP contribution in [-0.2, 0) is 4.79 Å². The zero-order chi connectivity index (χ0) is 20.3. The number of carbonyl (C=O) groups is 2. The van der Waals surface area contributed by atoms with Crippen LogP contribution in [0.4, 0.5) is 10.1 Å². The van der Waals surface area contributed by atoms with Gasteiger partial charge in [0.15, 0.2) is 0 Å². The van der Waals surface area contributed by atoms with Gasteiger partial charge in [0.1, 0.15) is 17.4 Å². The molecule has 28 heavy (non-hydrogen) atoms. The van der Waals surface area contributed by atoms with E-state index in [2.05, 4.69) is 15.6 Å². The minimum absolute atomic E-state index is 0.0442. The second-order valence-electron chi connectivity index (χ2n) is 7.16. The van der Waals surface area contributed by atoms with Crippen molar-refractivity contribution in [2.45, 2.75) is 57.5 Å². The molecule has 1 unspecified atom stereocenters. The Bertz CT molecular complexity index is 950. The first kappa shape index (κ1) is 19.9. The number of aliphatic carboxylic acids is 1. The monoisotopic (exact) mass is 389 g/mol. The predicted molar refractivity (Wildman–Crippen MR) is 104 cm³/mol. The highest BCUT2D eigenvalue weighted by Gasteiger charge is 2.22. The molecule has 0 bridgehead atoms. The van der Waals surface area contributed by atoms with E-state index in [1.807, 2.05) is 0 Å². The van der Waals surface area contributed by atoms with Crippen molar-refractivity contribution in [3.05, 3.63) is 39.9 Å². The number of fused-ring (bicyclic) bond motifs is 1. The summed E-state index contributed by atoms with van der Waals surface area (Å²) in [5.74, 6) is -2.54. The zero-order valence-electron chi connectivity index (χ0n) is 15.7. The highest BCUT2D eigenvalue weighted by molar-refractivity contribution is 5.99. The molecule has 1 aliphatic rings. The van der Waals surface area contributed by atoms with Gasteiger partial charge in [-0.05, 0) is 31.4 Å². The van der Waals surface area contributed by atoms with Crippen LogP contribution >= 0.6 is 0 Å². The molecule has 150 valence electrons. The number of aromatic nitrogens is 1. The number of pyridine rings is 1. The molecule has 7 nitrogen and oxygen atoms in total. The molecule has 1 aromatic carbocycles. The number of carboxylic acid groups (broad SMARTS) is 1. The number of H-pyrrole nitrogens is 1. The van der Waals surface area contributed by atoms with Gasteiger partial charge in [0.25, 0.3) is 5.91 Å². The number of carboxylic acids is 1. The van der Waals surface area contributed by atoms with E-state index in [-0.39, 0.29) is 23.4 Å². The van der Waals surface area contributed by atoms with Gasteiger partial charge in [-0.1, -0.05) is 26.2 Å². The van der Waals surface area contributed by atoms with Gasteiger partial charge in [-0.3, -0.25) is 9.59 Å². The normalized spacial score (nSPS) is 15.9. The zero-order valence-corrected chi connectivity index (χ0v) is 15.7. The molecule has 2 aromatic rings. The van der Waals surface area contributed by atoms with Gasteiger partial charge in [-0.2, -0.15) is 0 Å². The van der Waals surface area contributed by atoms with Crippen LogP contribution < -0.4 is 16.1 Å². The van der Waals surface area contributed by atoms with Gasteiger partial charge in [0.05, 0.1) is 11.2 Å². The molecule has 0 spiro atoms. The van der Waals surface area contributed by atoms with Gasteiger partial charge in [-0.15, -0.1) is 0 Å². The van der Waals surface area contributed by atoms with Crippen LogP contribution in [0.2, 0.25) is 0 Å². The highest BCUT2D eigenvalue weighted by atomic mass is 19.1. The molecule has 8 heteroatoms. The number of carbonyl (C=O) groups excluding carboxylic acids is 1. The predicted octanol–water partition coefficient (Wildman–Crippen LogP) is 3.00. The fraction of sp³-hybridized carbons (Fsp3) is 0.450. The van der Waals surface area contributed by atoms with Crippen molar-refractivity contribution < 1.29 is 19.1 Å². The summed E-state index contributed by atoms with van der Waals surface area (Å²) in [5, 5.41) is 14.6. The van der Waals surface area contributed by atoms with Crippen molar-refractivity contribution in [3.63, 3.8) is 0 Å². The number of rotatable bonds is 6. The van der Waals surface area contributed by atoms with E-state index in [0.717, 1.165) is 31.7 Å². The molecule has 3 rings (SSSR count). The molecule has 1 fully saturated rings. The Morgan fingerprint density at radius 1 is 1.29 bits per heavy atom. The summed E-state index contributed by atoms with van der Waals surface area (Å²) in [6, 6.07) is 1.76. The number of anilines is 1. The van der Waals surface area contributed by atoms with Crippen molar-refractivity contribution in [1.29, 1.82) is 0 Å². The molecule has 1 heterocycles. The summed E-state index contributed by atoms with van der Waals surface area (Å²) in [4.78, 5) is 38.9. The summed E-state index contributed by atoms with van der Waals surface area (Å²) in [5.41, 5.74) is -0.162. The Kier molecular flexibility index (Phi) is 5.96. The summed E-state index contributed by atoms with van der Waals surface area (Å²) in [6.45, 7) is 1.61. The number of hydrogen-bond acceptors (Lipinski definition) is 4. The number of nitrogens with one attached hydrogen (secondary N) is 3. The standard InChI is InChI=1S/C20H24FN3O4/c1-2-15(20(27)28)24-19(26)13-10-22-16-9-17(14(21)8-12(16)18(13)25)23-11-6-4-3-5-7-11/h8-11,15,23H,2-7H2,1H3,(H,22,25)(H,24,26)(H,27,28). The second kappa shape index (κ2) is 8.41. The van der Waals surface area contributed by atoms with Crippen molar-refractivity contribution in [1.82, 2.24) is 10.3 Å². The lowest BCUT2D eigenvalue weighted by Crippen LogP contribution is -2.41. The van der Waals surface area contributed by atoms with Gasteiger partial charge >= 0.3 is 5.97 Å². The summed E-state index contributed by atoms with van der Waals surface area (Å²) >= 11 is 0. The van der Waals surface area contributed by atoms with Crippen LogP contribution in [0.15, 0.2) is 23.1 Å². The van der Waals surface area contributed by atoms with Crippen LogP contribution in [-0.4, -0.2) is 34.1 Å². The lowest BCUT2D eigenvalue weighted by Gasteiger charge is -2.24. The van der Waals surface area contributed by atoms with Gasteiger partial charge in [0, 0.05) is 17.6 Å². The fourth-order valence-electron chi connectivity index (χ4n) is 3.56. The van der Waals surface area contributed by atoms with Crippen LogP contribution in [0.1, 0.15) is 55.8 Å². The van der Waals surface area contributed by atoms with E-state index < -0.39 is 29.2 Å². The first-order chi connectivity index (χ1) is 13.4. The first-order valence-corrected chi connectivity index (χ1v) is 9.55. The maximum Gasteiger partial charge on any atom is 0.326 e. The summed E-state index contributed by atoms with van der Waals surface area (Å²) in [7, 11) is 0. The molecular weight excluding hydrogens is 365 g/mol. The molecule has 1 amide bonds. The molecule has 1 aromatic heterocycles. The lowest BCUT2D eigenvalue weighted by atomic mass is 9.95. The van der Waals surface area contributed by atoms with Gasteiger partial charge in [0.2, 0.25) is 5.43 Å². The molecule has 1 saturated carbocycles. The average molecular weight is 389 g/mol. The first-order valence-electron chi connectivity index (χ1n) is 9.55. The molecular formula is C20H24FN3O4. The van der Waals surface area contributed by atoms with Gasteiger partial charge < -0.3 is 20.7 Å². The molecule has 0 radical (unpaired) electrons. The third-order valence-corrected chi connectivity index (χ3v) is 5.19. The van der Waals surface area contributed by atoms with E-state index >= 15 is 0 Å². The third kappa shape index (κ3) is 4.16. The molecule has 0 aliphatic heterocycles. The van der Waals surface area contributed by atoms with E-state index in [0.29, 0.717) is 11.2 Å². The maximum absolute atomic E-state index is 14.6. The van der Waals surface area contributed by atoms with Crippen LogP contribution in [0.5, 0.6) is 0 Å². The minimum atomic E-state index is -1.18. The molecule has 0 saturated heterocycles. The van der Waals surface area contributed by atoms with Crippen molar-refractivity contribution in [2.24, 2.45) is 0 Å². The van der Waals surface area contributed by atoms with E-state index in [1.165, 1.54) is 18.7 Å².